The van der Waals surface area contributed by atoms with E-state index >= 15 is 0 Å². The first-order chi connectivity index (χ1) is 14.8. The molecule has 7 heteroatoms. The molecule has 0 aromatic heterocycles. The molecule has 0 aliphatic carbocycles. The van der Waals surface area contributed by atoms with Gasteiger partial charge in [-0.15, -0.1) is 0 Å². The Labute approximate surface area is 182 Å². The van der Waals surface area contributed by atoms with Crippen LogP contribution in [-0.2, 0) is 14.8 Å². The second-order valence-electron chi connectivity index (χ2n) is 7.47. The predicted octanol–water partition coefficient (Wildman–Crippen LogP) is 3.66. The lowest BCUT2D eigenvalue weighted by Crippen LogP contribution is -2.35. The number of sulfonamides is 1. The molecule has 1 heterocycles. The van der Waals surface area contributed by atoms with Crippen molar-refractivity contribution in [3.05, 3.63) is 90.0 Å². The van der Waals surface area contributed by atoms with Gasteiger partial charge in [0.25, 0.3) is 10.0 Å². The van der Waals surface area contributed by atoms with Gasteiger partial charge in [0.15, 0.2) is 0 Å². The Hall–Kier alpha value is -3.45. The zero-order valence-corrected chi connectivity index (χ0v) is 18.1. The number of nitrogens with zero attached hydrogens (tertiary/aromatic N) is 1. The molecular formula is C24H23N3O3S. The first kappa shape index (κ1) is 20.8. The van der Waals surface area contributed by atoms with Gasteiger partial charge in [-0.3, -0.25) is 14.5 Å². The van der Waals surface area contributed by atoms with Crippen molar-refractivity contribution in [1.29, 1.82) is 0 Å². The molecule has 1 aliphatic heterocycles. The fourth-order valence-corrected chi connectivity index (χ4v) is 4.73. The summed E-state index contributed by atoms with van der Waals surface area (Å²) in [4.78, 5) is 17.2. The van der Waals surface area contributed by atoms with Gasteiger partial charge in [0.05, 0.1) is 10.9 Å². The minimum Gasteiger partial charge on any atom is -0.348 e. The molecule has 1 amide bonds. The molecule has 3 aromatic rings. The number of carbonyl (C=O) groups excluding carboxylic acids is 1. The molecule has 0 radical (unpaired) electrons. The summed E-state index contributed by atoms with van der Waals surface area (Å²) in [7, 11) is -3.63. The van der Waals surface area contributed by atoms with Crippen LogP contribution in [0.5, 0.6) is 0 Å². The third-order valence-electron chi connectivity index (χ3n) is 5.24. The van der Waals surface area contributed by atoms with E-state index in [9.17, 15) is 13.2 Å². The molecule has 0 saturated carbocycles. The lowest BCUT2D eigenvalue weighted by molar-refractivity contribution is -0.122. The molecule has 0 bridgehead atoms. The van der Waals surface area contributed by atoms with Crippen molar-refractivity contribution >= 4 is 21.8 Å². The molecule has 158 valence electrons. The fourth-order valence-electron chi connectivity index (χ4n) is 3.49. The summed E-state index contributed by atoms with van der Waals surface area (Å²) >= 11 is 0. The third kappa shape index (κ3) is 4.36. The van der Waals surface area contributed by atoms with Gasteiger partial charge in [0, 0.05) is 5.56 Å². The van der Waals surface area contributed by atoms with E-state index in [1.807, 2.05) is 49.4 Å². The maximum absolute atomic E-state index is 12.7. The van der Waals surface area contributed by atoms with Gasteiger partial charge in [-0.2, -0.15) is 0 Å². The second-order valence-corrected chi connectivity index (χ2v) is 9.12. The number of nitrogens with one attached hydrogen (secondary N) is 2. The highest BCUT2D eigenvalue weighted by atomic mass is 32.2. The lowest BCUT2D eigenvalue weighted by Gasteiger charge is -2.17. The molecule has 0 spiro atoms. The first-order valence-corrected chi connectivity index (χ1v) is 11.5. The van der Waals surface area contributed by atoms with Crippen LogP contribution in [0.4, 0.5) is 0 Å². The fraction of sp³-hybridized carbons (Fsp3) is 0.167. The van der Waals surface area contributed by atoms with Gasteiger partial charge < -0.3 is 5.32 Å². The lowest BCUT2D eigenvalue weighted by atomic mass is 10.0. The van der Waals surface area contributed by atoms with Crippen LogP contribution in [0.1, 0.15) is 31.0 Å². The summed E-state index contributed by atoms with van der Waals surface area (Å²) in [5, 5.41) is 2.95. The van der Waals surface area contributed by atoms with Crippen molar-refractivity contribution in [3.63, 3.8) is 0 Å². The molecule has 31 heavy (non-hydrogen) atoms. The topological polar surface area (TPSA) is 87.6 Å². The summed E-state index contributed by atoms with van der Waals surface area (Å²) in [6.45, 7) is 3.55. The number of benzene rings is 3. The first-order valence-electron chi connectivity index (χ1n) is 10.0. The van der Waals surface area contributed by atoms with Gasteiger partial charge in [0.2, 0.25) is 5.91 Å². The molecule has 2 N–H and O–H groups in total. The van der Waals surface area contributed by atoms with Crippen LogP contribution in [0.15, 0.2) is 88.8 Å². The van der Waals surface area contributed by atoms with E-state index in [0.717, 1.165) is 16.7 Å². The van der Waals surface area contributed by atoms with Crippen LogP contribution in [0.3, 0.4) is 0 Å². The highest BCUT2D eigenvalue weighted by Crippen LogP contribution is 2.23. The van der Waals surface area contributed by atoms with Crippen molar-refractivity contribution in [2.75, 3.05) is 0 Å². The number of rotatable bonds is 5. The Morgan fingerprint density at radius 3 is 2.19 bits per heavy atom. The molecule has 0 saturated heterocycles. The van der Waals surface area contributed by atoms with Crippen LogP contribution < -0.4 is 10.0 Å². The summed E-state index contributed by atoms with van der Waals surface area (Å²) in [5.41, 5.74) is 3.69. The number of carbonyl (C=O) groups is 1. The van der Waals surface area contributed by atoms with Crippen molar-refractivity contribution < 1.29 is 13.2 Å². The predicted molar refractivity (Wildman–Crippen MR) is 121 cm³/mol. The van der Waals surface area contributed by atoms with Crippen molar-refractivity contribution in [1.82, 2.24) is 10.0 Å². The summed E-state index contributed by atoms with van der Waals surface area (Å²) in [6, 6.07) is 23.7. The quantitative estimate of drug-likeness (QED) is 0.644. The van der Waals surface area contributed by atoms with Crippen LogP contribution in [0, 0.1) is 0 Å². The van der Waals surface area contributed by atoms with Crippen molar-refractivity contribution in [3.8, 4) is 11.1 Å². The highest BCUT2D eigenvalue weighted by Gasteiger charge is 2.31. The second kappa shape index (κ2) is 8.35. The van der Waals surface area contributed by atoms with Crippen molar-refractivity contribution in [2.24, 2.45) is 4.99 Å². The third-order valence-corrected chi connectivity index (χ3v) is 6.64. The molecule has 0 unspecified atom stereocenters. The van der Waals surface area contributed by atoms with Gasteiger partial charge in [0.1, 0.15) is 11.9 Å². The Morgan fingerprint density at radius 2 is 1.48 bits per heavy atom. The summed E-state index contributed by atoms with van der Waals surface area (Å²) in [6.07, 6.45) is 0. The molecule has 2 atom stereocenters. The van der Waals surface area contributed by atoms with E-state index in [0.29, 0.717) is 5.56 Å². The molecule has 6 nitrogen and oxygen atoms in total. The number of amidine groups is 1. The molecule has 1 aliphatic rings. The Kier molecular flexibility index (Phi) is 5.61. The number of fused-ring (bicyclic) bond motifs is 1. The van der Waals surface area contributed by atoms with Crippen LogP contribution >= 0.6 is 0 Å². The maximum atomic E-state index is 12.7. The molecule has 3 aromatic carbocycles. The largest absolute Gasteiger partial charge is 0.348 e. The maximum Gasteiger partial charge on any atom is 0.263 e. The summed E-state index contributed by atoms with van der Waals surface area (Å²) < 4.78 is 26.9. The number of amides is 1. The van der Waals surface area contributed by atoms with Crippen LogP contribution in [-0.4, -0.2) is 26.2 Å². The standard InChI is InChI=1S/C24H23N3O3S/c1-16(18-12-14-20(15-13-18)19-8-4-3-5-9-19)26-24(28)17(2)25-23-21-10-6-7-11-22(21)31(29,30)27-23/h3-17H,1-2H3,(H,25,27)(H,26,28)/t16-,17+/m1/s1. The minimum atomic E-state index is -3.63. The van der Waals surface area contributed by atoms with Gasteiger partial charge in [-0.05, 0) is 42.7 Å². The van der Waals surface area contributed by atoms with E-state index in [1.54, 1.807) is 25.1 Å². The van der Waals surface area contributed by atoms with Crippen LogP contribution in [0.2, 0.25) is 0 Å². The average Bonchev–Trinajstić information content (AvgIpc) is 3.04. The molecular weight excluding hydrogens is 410 g/mol. The molecule has 4 rings (SSSR count). The van der Waals surface area contributed by atoms with Crippen LogP contribution in [0.25, 0.3) is 11.1 Å². The highest BCUT2D eigenvalue weighted by molar-refractivity contribution is 7.90. The number of hydrogen-bond acceptors (Lipinski definition) is 4. The minimum absolute atomic E-state index is 0.174. The number of aliphatic imine (C=N–C) groups is 1. The zero-order valence-electron chi connectivity index (χ0n) is 17.2. The van der Waals surface area contributed by atoms with Gasteiger partial charge in [-0.25, -0.2) is 8.42 Å². The smallest absolute Gasteiger partial charge is 0.263 e. The summed E-state index contributed by atoms with van der Waals surface area (Å²) in [5.74, 6) is -0.0890. The normalized spacial score (nSPS) is 17.4. The van der Waals surface area contributed by atoms with Gasteiger partial charge >= 0.3 is 0 Å². The van der Waals surface area contributed by atoms with E-state index in [1.165, 1.54) is 6.07 Å². The Morgan fingerprint density at radius 1 is 0.871 bits per heavy atom. The Bertz CT molecular complexity index is 1240. The SMILES string of the molecule is C[C@H](N=C1NS(=O)(=O)c2ccccc21)C(=O)N[C@H](C)c1ccc(-c2ccccc2)cc1. The van der Waals surface area contributed by atoms with E-state index < -0.39 is 16.1 Å². The van der Waals surface area contributed by atoms with Crippen molar-refractivity contribution in [2.45, 2.75) is 30.8 Å². The number of hydrogen-bond donors (Lipinski definition) is 2. The molecule has 0 fully saturated rings. The van der Waals surface area contributed by atoms with Gasteiger partial charge in [-0.1, -0.05) is 66.7 Å². The van der Waals surface area contributed by atoms with E-state index in [4.69, 9.17) is 0 Å². The zero-order chi connectivity index (χ0) is 22.0. The average molecular weight is 434 g/mol. The van der Waals surface area contributed by atoms with E-state index in [2.05, 4.69) is 27.2 Å². The van der Waals surface area contributed by atoms with E-state index in [-0.39, 0.29) is 22.7 Å². The monoisotopic (exact) mass is 433 g/mol. The Balaban J connectivity index is 1.45.